The number of aliphatic hydroxyl groups is 1. The summed E-state index contributed by atoms with van der Waals surface area (Å²) < 4.78 is 0. The number of hydrogen-bond donors (Lipinski definition) is 1. The summed E-state index contributed by atoms with van der Waals surface area (Å²) in [4.78, 5) is 24.8. The molecule has 4 rings (SSSR count). The normalized spacial score (nSPS) is 54.6. The van der Waals surface area contributed by atoms with Gasteiger partial charge < -0.3 is 5.11 Å². The van der Waals surface area contributed by atoms with Crippen LogP contribution in [-0.4, -0.2) is 22.8 Å². The van der Waals surface area contributed by atoms with E-state index in [0.717, 1.165) is 32.1 Å². The van der Waals surface area contributed by atoms with Crippen molar-refractivity contribution >= 4 is 11.6 Å². The van der Waals surface area contributed by atoms with Crippen LogP contribution in [0.25, 0.3) is 0 Å². The molecular weight excluding hydrogens is 276 g/mol. The second kappa shape index (κ2) is 4.66. The molecule has 4 aliphatic rings. The van der Waals surface area contributed by atoms with Gasteiger partial charge >= 0.3 is 0 Å². The van der Waals surface area contributed by atoms with Crippen molar-refractivity contribution in [3.05, 3.63) is 0 Å². The Morgan fingerprint density at radius 2 is 1.86 bits per heavy atom. The van der Waals surface area contributed by atoms with Crippen molar-refractivity contribution in [1.29, 1.82) is 0 Å². The molecule has 0 aliphatic heterocycles. The van der Waals surface area contributed by atoms with Crippen LogP contribution >= 0.6 is 0 Å². The maximum Gasteiger partial charge on any atom is 0.136 e. The van der Waals surface area contributed by atoms with Gasteiger partial charge in [-0.05, 0) is 60.7 Å². The Morgan fingerprint density at radius 1 is 1.09 bits per heavy atom. The molecule has 3 heteroatoms. The standard InChI is InChI=1S/C19H28O3/c1-18-5-4-14-17(15(18)9-13(21)10-18)16(22)8-11-7-12(20)3-6-19(11,14)2/h11,13-15,17,21H,3-10H2,1-2H3/t11-,13?,14?,15?,17?,18?,19?/m1/s1. The summed E-state index contributed by atoms with van der Waals surface area (Å²) in [6.45, 7) is 4.64. The van der Waals surface area contributed by atoms with Crippen molar-refractivity contribution < 1.29 is 14.7 Å². The third kappa shape index (κ3) is 1.90. The van der Waals surface area contributed by atoms with E-state index in [9.17, 15) is 14.7 Å². The molecule has 0 aromatic rings. The minimum Gasteiger partial charge on any atom is -0.393 e. The number of hydrogen-bond acceptors (Lipinski definition) is 3. The second-order valence-electron chi connectivity index (χ2n) is 9.14. The van der Waals surface area contributed by atoms with E-state index >= 15 is 0 Å². The van der Waals surface area contributed by atoms with Crippen molar-refractivity contribution in [3.8, 4) is 0 Å². The molecule has 3 nitrogen and oxygen atoms in total. The summed E-state index contributed by atoms with van der Waals surface area (Å²) in [5, 5.41) is 10.2. The molecule has 4 fully saturated rings. The Hall–Kier alpha value is -0.700. The highest BCUT2D eigenvalue weighted by Crippen LogP contribution is 2.65. The van der Waals surface area contributed by atoms with E-state index in [1.165, 1.54) is 0 Å². The Kier molecular flexibility index (Phi) is 3.15. The lowest BCUT2D eigenvalue weighted by Crippen LogP contribution is -2.56. The van der Waals surface area contributed by atoms with E-state index in [1.54, 1.807) is 0 Å². The van der Waals surface area contributed by atoms with Gasteiger partial charge in [0.05, 0.1) is 6.10 Å². The van der Waals surface area contributed by atoms with Crippen LogP contribution in [0.5, 0.6) is 0 Å². The number of Topliss-reactive ketones (excluding diaryl/α,β-unsaturated/α-hetero) is 2. The van der Waals surface area contributed by atoms with Gasteiger partial charge in [-0.3, -0.25) is 9.59 Å². The van der Waals surface area contributed by atoms with Gasteiger partial charge in [-0.1, -0.05) is 13.8 Å². The molecule has 7 atom stereocenters. The first-order chi connectivity index (χ1) is 10.3. The summed E-state index contributed by atoms with van der Waals surface area (Å²) in [7, 11) is 0. The molecule has 0 aromatic carbocycles. The lowest BCUT2D eigenvalue weighted by molar-refractivity contribution is -0.156. The fourth-order valence-corrected chi connectivity index (χ4v) is 6.75. The first-order valence-corrected chi connectivity index (χ1v) is 9.06. The van der Waals surface area contributed by atoms with Crippen molar-refractivity contribution in [2.75, 3.05) is 0 Å². The SMILES string of the molecule is CC12CCC3C(C(=O)C[C@H]4CC(=O)CCC34C)C1CC(O)C2. The van der Waals surface area contributed by atoms with Gasteiger partial charge in [-0.2, -0.15) is 0 Å². The minimum absolute atomic E-state index is 0.144. The summed E-state index contributed by atoms with van der Waals surface area (Å²) in [5.74, 6) is 1.97. The molecule has 1 N–H and O–H groups in total. The molecule has 0 saturated heterocycles. The molecular formula is C19H28O3. The zero-order valence-corrected chi connectivity index (χ0v) is 13.8. The fourth-order valence-electron chi connectivity index (χ4n) is 6.75. The average Bonchev–Trinajstić information content (AvgIpc) is 2.75. The monoisotopic (exact) mass is 304 g/mol. The summed E-state index contributed by atoms with van der Waals surface area (Å²) >= 11 is 0. The number of carbonyl (C=O) groups excluding carboxylic acids is 2. The van der Waals surface area contributed by atoms with Gasteiger partial charge in [0.1, 0.15) is 11.6 Å². The van der Waals surface area contributed by atoms with Gasteiger partial charge in [-0.25, -0.2) is 0 Å². The minimum atomic E-state index is -0.222. The Bertz CT molecular complexity index is 527. The van der Waals surface area contributed by atoms with Crippen LogP contribution in [0.3, 0.4) is 0 Å². The van der Waals surface area contributed by atoms with E-state index in [0.29, 0.717) is 42.7 Å². The van der Waals surface area contributed by atoms with Gasteiger partial charge in [0, 0.05) is 25.2 Å². The van der Waals surface area contributed by atoms with Crippen molar-refractivity contribution in [3.63, 3.8) is 0 Å². The van der Waals surface area contributed by atoms with Crippen LogP contribution in [-0.2, 0) is 9.59 Å². The smallest absolute Gasteiger partial charge is 0.136 e. The van der Waals surface area contributed by atoms with Crippen LogP contribution in [0.4, 0.5) is 0 Å². The molecule has 0 spiro atoms. The molecule has 22 heavy (non-hydrogen) atoms. The predicted octanol–water partition coefficient (Wildman–Crippen LogP) is 3.14. The molecule has 0 amide bonds. The zero-order chi connectivity index (χ0) is 15.7. The van der Waals surface area contributed by atoms with Crippen LogP contribution in [0.1, 0.15) is 65.2 Å². The fraction of sp³-hybridized carbons (Fsp3) is 0.895. The van der Waals surface area contributed by atoms with Gasteiger partial charge in [0.25, 0.3) is 0 Å². The molecule has 0 heterocycles. The molecule has 6 unspecified atom stereocenters. The summed E-state index contributed by atoms with van der Waals surface area (Å²) in [6.07, 6.45) is 6.60. The summed E-state index contributed by atoms with van der Waals surface area (Å²) in [5.41, 5.74) is 0.325. The third-order valence-electron chi connectivity index (χ3n) is 8.03. The van der Waals surface area contributed by atoms with Crippen molar-refractivity contribution in [1.82, 2.24) is 0 Å². The second-order valence-corrected chi connectivity index (χ2v) is 9.14. The van der Waals surface area contributed by atoms with Gasteiger partial charge in [-0.15, -0.1) is 0 Å². The van der Waals surface area contributed by atoms with Gasteiger partial charge in [0.15, 0.2) is 0 Å². The Balaban J connectivity index is 1.70. The highest BCUT2D eigenvalue weighted by Gasteiger charge is 2.61. The number of ketones is 2. The molecule has 0 bridgehead atoms. The predicted molar refractivity (Wildman–Crippen MR) is 83.1 cm³/mol. The quantitative estimate of drug-likeness (QED) is 0.748. The largest absolute Gasteiger partial charge is 0.393 e. The van der Waals surface area contributed by atoms with E-state index in [4.69, 9.17) is 0 Å². The molecule has 0 radical (unpaired) electrons. The third-order valence-corrected chi connectivity index (χ3v) is 8.03. The number of fused-ring (bicyclic) bond motifs is 5. The molecule has 4 aliphatic carbocycles. The number of rotatable bonds is 0. The first kappa shape index (κ1) is 14.9. The lowest BCUT2D eigenvalue weighted by Gasteiger charge is -2.58. The highest BCUT2D eigenvalue weighted by molar-refractivity contribution is 5.86. The topological polar surface area (TPSA) is 54.4 Å². The van der Waals surface area contributed by atoms with Crippen LogP contribution in [0.2, 0.25) is 0 Å². The molecule has 0 aromatic heterocycles. The highest BCUT2D eigenvalue weighted by atomic mass is 16.3. The lowest BCUT2D eigenvalue weighted by atomic mass is 9.45. The van der Waals surface area contributed by atoms with Crippen molar-refractivity contribution in [2.24, 2.45) is 34.5 Å². The maximum atomic E-state index is 12.9. The average molecular weight is 304 g/mol. The first-order valence-electron chi connectivity index (χ1n) is 9.06. The Morgan fingerprint density at radius 3 is 2.64 bits per heavy atom. The van der Waals surface area contributed by atoms with E-state index < -0.39 is 0 Å². The van der Waals surface area contributed by atoms with Gasteiger partial charge in [0.2, 0.25) is 0 Å². The number of carbonyl (C=O) groups is 2. The summed E-state index contributed by atoms with van der Waals surface area (Å²) in [6, 6.07) is 0. The molecule has 122 valence electrons. The Labute approximate surface area is 132 Å². The maximum absolute atomic E-state index is 12.9. The van der Waals surface area contributed by atoms with Crippen LogP contribution < -0.4 is 0 Å². The van der Waals surface area contributed by atoms with E-state index in [1.807, 2.05) is 0 Å². The zero-order valence-electron chi connectivity index (χ0n) is 13.8. The van der Waals surface area contributed by atoms with E-state index in [-0.39, 0.29) is 28.8 Å². The van der Waals surface area contributed by atoms with Crippen molar-refractivity contribution in [2.45, 2.75) is 71.3 Å². The van der Waals surface area contributed by atoms with E-state index in [2.05, 4.69) is 13.8 Å². The van der Waals surface area contributed by atoms with Crippen LogP contribution in [0, 0.1) is 34.5 Å². The molecule has 4 saturated carbocycles. The number of aliphatic hydroxyl groups excluding tert-OH is 1. The van der Waals surface area contributed by atoms with Crippen LogP contribution in [0.15, 0.2) is 0 Å².